The summed E-state index contributed by atoms with van der Waals surface area (Å²) in [4.78, 5) is 0. The number of hydrogen-bond donors (Lipinski definition) is 1. The third-order valence-corrected chi connectivity index (χ3v) is 8.05. The van der Waals surface area contributed by atoms with Crippen molar-refractivity contribution in [2.75, 3.05) is 12.3 Å². The van der Waals surface area contributed by atoms with Gasteiger partial charge in [0.15, 0.2) is 0 Å². The Balaban J connectivity index is 2.29. The molecule has 6 heteroatoms. The molecule has 4 atom stereocenters. The summed E-state index contributed by atoms with van der Waals surface area (Å²) < 4.78 is 3.28. The van der Waals surface area contributed by atoms with Gasteiger partial charge in [0.05, 0.1) is 22.4 Å². The van der Waals surface area contributed by atoms with Gasteiger partial charge in [-0.1, -0.05) is 20.8 Å². The van der Waals surface area contributed by atoms with Gasteiger partial charge in [-0.15, -0.1) is 0 Å². The number of hydrogen-bond acceptors (Lipinski definition) is 4. The van der Waals surface area contributed by atoms with E-state index in [4.69, 9.17) is 0 Å². The van der Waals surface area contributed by atoms with Crippen LogP contribution in [0.4, 0.5) is 0 Å². The summed E-state index contributed by atoms with van der Waals surface area (Å²) in [7, 11) is 0. The fourth-order valence-electron chi connectivity index (χ4n) is 2.66. The van der Waals surface area contributed by atoms with Crippen molar-refractivity contribution >= 4 is 39.5 Å². The van der Waals surface area contributed by atoms with Gasteiger partial charge in [0.2, 0.25) is 0 Å². The minimum atomic E-state index is 0.349. The van der Waals surface area contributed by atoms with Crippen LogP contribution >= 0.6 is 39.5 Å². The maximum Gasteiger partial charge on any atom is 0.0710 e. The first-order valence-electron chi connectivity index (χ1n) is 7.69. The first-order chi connectivity index (χ1) is 9.95. The van der Waals surface area contributed by atoms with E-state index in [9.17, 15) is 0 Å². The van der Waals surface area contributed by atoms with Crippen LogP contribution in [0, 0.1) is 0 Å². The second kappa shape index (κ2) is 7.75. The Morgan fingerprint density at radius 2 is 2.14 bits per heavy atom. The van der Waals surface area contributed by atoms with Crippen LogP contribution in [-0.2, 0) is 0 Å². The Labute approximate surface area is 145 Å². The molecule has 21 heavy (non-hydrogen) atoms. The van der Waals surface area contributed by atoms with Gasteiger partial charge in [0.1, 0.15) is 0 Å². The monoisotopic (exact) mass is 391 g/mol. The van der Waals surface area contributed by atoms with Crippen molar-refractivity contribution in [1.29, 1.82) is 0 Å². The largest absolute Gasteiger partial charge is 0.308 e. The third kappa shape index (κ3) is 4.01. The van der Waals surface area contributed by atoms with Crippen LogP contribution in [0.5, 0.6) is 0 Å². The number of nitrogens with zero attached hydrogens (tertiary/aromatic N) is 2. The molecule has 3 nitrogen and oxygen atoms in total. The number of nitrogens with one attached hydrogen (secondary N) is 1. The highest BCUT2D eigenvalue weighted by Crippen LogP contribution is 2.42. The topological polar surface area (TPSA) is 29.9 Å². The zero-order valence-corrected chi connectivity index (χ0v) is 16.7. The fraction of sp³-hybridized carbons (Fsp3) is 0.800. The Kier molecular flexibility index (Phi) is 6.53. The fourth-order valence-corrected chi connectivity index (χ4v) is 6.27. The van der Waals surface area contributed by atoms with E-state index in [1.165, 1.54) is 11.4 Å². The Hall–Kier alpha value is 0.350. The van der Waals surface area contributed by atoms with Crippen LogP contribution in [-0.4, -0.2) is 37.8 Å². The molecule has 2 heterocycles. The number of rotatable bonds is 5. The molecule has 1 aromatic rings. The standard InChI is InChI=1S/C15H26BrN3S2/c1-6-17-14(13-8-20-10(4)11(5)21-13)15-12(16)7-18-19(15)9(2)3/h7,9-11,13-14,17H,6,8H2,1-5H3. The molecule has 1 N–H and O–H groups in total. The van der Waals surface area contributed by atoms with Gasteiger partial charge in [0, 0.05) is 27.5 Å². The molecule has 1 fully saturated rings. The second-order valence-electron chi connectivity index (χ2n) is 5.87. The molecular formula is C15H26BrN3S2. The third-order valence-electron chi connectivity index (χ3n) is 3.94. The van der Waals surface area contributed by atoms with Gasteiger partial charge in [0.25, 0.3) is 0 Å². The first-order valence-corrected chi connectivity index (χ1v) is 10.5. The van der Waals surface area contributed by atoms with Crippen LogP contribution in [0.1, 0.15) is 52.4 Å². The molecule has 0 bridgehead atoms. The molecular weight excluding hydrogens is 366 g/mol. The maximum absolute atomic E-state index is 4.56. The van der Waals surface area contributed by atoms with E-state index in [0.717, 1.165) is 16.3 Å². The van der Waals surface area contributed by atoms with E-state index in [1.54, 1.807) is 0 Å². The quantitative estimate of drug-likeness (QED) is 0.799. The van der Waals surface area contributed by atoms with E-state index in [-0.39, 0.29) is 0 Å². The maximum atomic E-state index is 4.56. The van der Waals surface area contributed by atoms with E-state index in [2.05, 4.69) is 89.2 Å². The van der Waals surface area contributed by atoms with Crippen LogP contribution in [0.15, 0.2) is 10.7 Å². The molecule has 0 radical (unpaired) electrons. The molecule has 1 aliphatic heterocycles. The highest BCUT2D eigenvalue weighted by Gasteiger charge is 2.34. The van der Waals surface area contributed by atoms with E-state index >= 15 is 0 Å². The molecule has 4 unspecified atom stereocenters. The normalized spacial score (nSPS) is 28.0. The SMILES string of the molecule is CCNC(c1c(Br)cnn1C(C)C)C1CSC(C)C(C)S1. The zero-order chi connectivity index (χ0) is 15.6. The number of aromatic nitrogens is 2. The molecule has 1 aliphatic rings. The van der Waals surface area contributed by atoms with Crippen LogP contribution < -0.4 is 5.32 Å². The average molecular weight is 392 g/mol. The molecule has 120 valence electrons. The lowest BCUT2D eigenvalue weighted by molar-refractivity contribution is 0.446. The molecule has 1 saturated heterocycles. The second-order valence-corrected chi connectivity index (χ2v) is 9.76. The average Bonchev–Trinajstić information content (AvgIpc) is 2.81. The van der Waals surface area contributed by atoms with Gasteiger partial charge in [-0.3, -0.25) is 4.68 Å². The van der Waals surface area contributed by atoms with Crippen molar-refractivity contribution in [3.05, 3.63) is 16.4 Å². The lowest BCUT2D eigenvalue weighted by Gasteiger charge is -2.36. The van der Waals surface area contributed by atoms with Gasteiger partial charge in [-0.2, -0.15) is 28.6 Å². The van der Waals surface area contributed by atoms with E-state index in [1.807, 2.05) is 6.20 Å². The summed E-state index contributed by atoms with van der Waals surface area (Å²) >= 11 is 7.93. The molecule has 0 amide bonds. The van der Waals surface area contributed by atoms with Crippen molar-refractivity contribution < 1.29 is 0 Å². The van der Waals surface area contributed by atoms with Gasteiger partial charge >= 0.3 is 0 Å². The smallest absolute Gasteiger partial charge is 0.0710 e. The molecule has 0 spiro atoms. The lowest BCUT2D eigenvalue weighted by Crippen LogP contribution is -2.38. The van der Waals surface area contributed by atoms with Crippen molar-refractivity contribution in [2.24, 2.45) is 0 Å². The summed E-state index contributed by atoms with van der Waals surface area (Å²) in [5, 5.41) is 10.3. The Morgan fingerprint density at radius 3 is 2.71 bits per heavy atom. The van der Waals surface area contributed by atoms with Crippen LogP contribution in [0.25, 0.3) is 0 Å². The molecule has 0 aliphatic carbocycles. The van der Waals surface area contributed by atoms with Crippen LogP contribution in [0.2, 0.25) is 0 Å². The highest BCUT2D eigenvalue weighted by molar-refractivity contribution is 9.10. The van der Waals surface area contributed by atoms with Crippen molar-refractivity contribution in [1.82, 2.24) is 15.1 Å². The molecule has 0 saturated carbocycles. The van der Waals surface area contributed by atoms with Gasteiger partial charge in [-0.05, 0) is 36.3 Å². The predicted octanol–water partition coefficient (Wildman–Crippen LogP) is 4.50. The zero-order valence-electron chi connectivity index (χ0n) is 13.5. The first kappa shape index (κ1) is 17.7. The summed E-state index contributed by atoms with van der Waals surface area (Å²) in [6.07, 6.45) is 1.94. The Morgan fingerprint density at radius 1 is 1.43 bits per heavy atom. The van der Waals surface area contributed by atoms with Crippen molar-refractivity contribution in [3.63, 3.8) is 0 Å². The minimum absolute atomic E-state index is 0.349. The van der Waals surface area contributed by atoms with Crippen molar-refractivity contribution in [2.45, 2.75) is 62.5 Å². The number of thioether (sulfide) groups is 2. The molecule has 1 aromatic heterocycles. The lowest BCUT2D eigenvalue weighted by atomic mass is 10.1. The molecule has 0 aromatic carbocycles. The minimum Gasteiger partial charge on any atom is -0.308 e. The van der Waals surface area contributed by atoms with Gasteiger partial charge < -0.3 is 5.32 Å². The van der Waals surface area contributed by atoms with Crippen molar-refractivity contribution in [3.8, 4) is 0 Å². The predicted molar refractivity (Wildman–Crippen MR) is 99.5 cm³/mol. The summed E-state index contributed by atoms with van der Waals surface area (Å²) in [5.41, 5.74) is 1.30. The summed E-state index contributed by atoms with van der Waals surface area (Å²) in [5.74, 6) is 1.20. The van der Waals surface area contributed by atoms with E-state index in [0.29, 0.717) is 22.6 Å². The highest BCUT2D eigenvalue weighted by atomic mass is 79.9. The number of halogens is 1. The summed E-state index contributed by atoms with van der Waals surface area (Å²) in [6.45, 7) is 12.2. The Bertz CT molecular complexity index is 464. The molecule has 2 rings (SSSR count). The van der Waals surface area contributed by atoms with E-state index < -0.39 is 0 Å². The van der Waals surface area contributed by atoms with Gasteiger partial charge in [-0.25, -0.2) is 0 Å². The van der Waals surface area contributed by atoms with Crippen LogP contribution in [0.3, 0.4) is 0 Å². The summed E-state index contributed by atoms with van der Waals surface area (Å²) in [6, 6.07) is 0.728.